The average molecular weight is 302 g/mol. The maximum Gasteiger partial charge on any atom is 0.291 e. The van der Waals surface area contributed by atoms with Gasteiger partial charge in [0.25, 0.3) is 5.91 Å². The van der Waals surface area contributed by atoms with Gasteiger partial charge in [0.05, 0.1) is 0 Å². The summed E-state index contributed by atoms with van der Waals surface area (Å²) < 4.78 is 10.4. The van der Waals surface area contributed by atoms with Crippen molar-refractivity contribution in [3.05, 3.63) is 47.9 Å². The van der Waals surface area contributed by atoms with Crippen LogP contribution in [-0.2, 0) is 11.3 Å². The number of carbonyl (C=O) groups excluding carboxylic acids is 1. The molecule has 0 fully saturated rings. The van der Waals surface area contributed by atoms with E-state index in [1.165, 1.54) is 0 Å². The Morgan fingerprint density at radius 3 is 2.41 bits per heavy atom. The molecule has 5 heteroatoms. The Morgan fingerprint density at radius 2 is 1.82 bits per heavy atom. The first-order valence-electron chi connectivity index (χ1n) is 7.42. The minimum absolute atomic E-state index is 0.266. The van der Waals surface area contributed by atoms with Gasteiger partial charge in [-0.1, -0.05) is 0 Å². The molecule has 0 unspecified atom stereocenters. The Morgan fingerprint density at radius 1 is 1.14 bits per heavy atom. The molecule has 0 aliphatic rings. The van der Waals surface area contributed by atoms with Crippen LogP contribution in [0.4, 0.5) is 11.4 Å². The van der Waals surface area contributed by atoms with E-state index in [-0.39, 0.29) is 11.7 Å². The second kappa shape index (κ2) is 7.66. The molecule has 1 aromatic heterocycles. The fourth-order valence-corrected chi connectivity index (χ4v) is 2.26. The summed E-state index contributed by atoms with van der Waals surface area (Å²) >= 11 is 0. The number of benzene rings is 1. The van der Waals surface area contributed by atoms with Gasteiger partial charge >= 0.3 is 0 Å². The summed E-state index contributed by atoms with van der Waals surface area (Å²) in [4.78, 5) is 14.4. The van der Waals surface area contributed by atoms with Crippen molar-refractivity contribution in [2.45, 2.75) is 20.5 Å². The van der Waals surface area contributed by atoms with Gasteiger partial charge in [-0.2, -0.15) is 0 Å². The molecule has 0 atom stereocenters. The van der Waals surface area contributed by atoms with Crippen LogP contribution in [-0.4, -0.2) is 26.1 Å². The van der Waals surface area contributed by atoms with Crippen LogP contribution in [0.15, 0.2) is 40.8 Å². The normalized spacial score (nSPS) is 10.5. The molecule has 0 saturated carbocycles. The highest BCUT2D eigenvalue weighted by Crippen LogP contribution is 2.18. The zero-order chi connectivity index (χ0) is 15.9. The second-order valence-electron chi connectivity index (χ2n) is 4.87. The van der Waals surface area contributed by atoms with Crippen molar-refractivity contribution in [2.75, 3.05) is 30.4 Å². The number of furan rings is 1. The molecule has 118 valence electrons. The molecule has 1 aromatic carbocycles. The fourth-order valence-electron chi connectivity index (χ4n) is 2.26. The monoisotopic (exact) mass is 302 g/mol. The van der Waals surface area contributed by atoms with E-state index in [4.69, 9.17) is 9.15 Å². The van der Waals surface area contributed by atoms with Crippen molar-refractivity contribution in [3.63, 3.8) is 0 Å². The first-order chi connectivity index (χ1) is 10.7. The number of nitrogens with one attached hydrogen (secondary N) is 1. The molecule has 1 heterocycles. The lowest BCUT2D eigenvalue weighted by Gasteiger charge is -2.21. The third-order valence-electron chi connectivity index (χ3n) is 3.43. The van der Waals surface area contributed by atoms with Crippen LogP contribution in [0.25, 0.3) is 0 Å². The largest absolute Gasteiger partial charge is 0.453 e. The van der Waals surface area contributed by atoms with Crippen LogP contribution < -0.4 is 10.2 Å². The topological polar surface area (TPSA) is 54.7 Å². The zero-order valence-electron chi connectivity index (χ0n) is 13.3. The van der Waals surface area contributed by atoms with Crippen molar-refractivity contribution in [1.82, 2.24) is 0 Å². The summed E-state index contributed by atoms with van der Waals surface area (Å²) in [5.74, 6) is 0.641. The Bertz CT molecular complexity index is 601. The fraction of sp³-hybridized carbons (Fsp3) is 0.353. The van der Waals surface area contributed by atoms with Crippen molar-refractivity contribution in [2.24, 2.45) is 0 Å². The Hall–Kier alpha value is -2.27. The lowest BCUT2D eigenvalue weighted by atomic mass is 10.2. The molecule has 0 aliphatic heterocycles. The highest BCUT2D eigenvalue weighted by atomic mass is 16.5. The number of anilines is 2. The number of carbonyl (C=O) groups is 1. The molecule has 0 saturated heterocycles. The van der Waals surface area contributed by atoms with E-state index >= 15 is 0 Å². The van der Waals surface area contributed by atoms with Crippen LogP contribution in [0.3, 0.4) is 0 Å². The molecule has 1 amide bonds. The number of ether oxygens (including phenoxy) is 1. The van der Waals surface area contributed by atoms with Gasteiger partial charge in [0.15, 0.2) is 5.76 Å². The Kier molecular flexibility index (Phi) is 5.61. The van der Waals surface area contributed by atoms with Gasteiger partial charge in [-0.25, -0.2) is 0 Å². The van der Waals surface area contributed by atoms with E-state index < -0.39 is 0 Å². The summed E-state index contributed by atoms with van der Waals surface area (Å²) in [6, 6.07) is 11.2. The first kappa shape index (κ1) is 16.1. The number of amides is 1. The maximum absolute atomic E-state index is 12.1. The van der Waals surface area contributed by atoms with Gasteiger partial charge in [-0.3, -0.25) is 4.79 Å². The van der Waals surface area contributed by atoms with E-state index in [2.05, 4.69) is 24.1 Å². The molecular formula is C17H22N2O3. The Labute approximate surface area is 130 Å². The third kappa shape index (κ3) is 3.89. The highest BCUT2D eigenvalue weighted by Gasteiger charge is 2.11. The summed E-state index contributed by atoms with van der Waals surface area (Å²) in [5.41, 5.74) is 1.88. The standard InChI is InChI=1S/C17H22N2O3/c1-4-19(5-2)14-8-6-13(7-9-14)18-17(20)16-11-10-15(22-16)12-21-3/h6-11H,4-5,12H2,1-3H3,(H,18,20). The van der Waals surface area contributed by atoms with E-state index in [1.807, 2.05) is 24.3 Å². The van der Waals surface area contributed by atoms with E-state index in [0.717, 1.165) is 24.5 Å². The molecule has 2 aromatic rings. The van der Waals surface area contributed by atoms with Crippen LogP contribution in [0.1, 0.15) is 30.2 Å². The Balaban J connectivity index is 2.01. The van der Waals surface area contributed by atoms with Crippen LogP contribution in [0.2, 0.25) is 0 Å². The molecule has 0 bridgehead atoms. The minimum Gasteiger partial charge on any atom is -0.453 e. The smallest absolute Gasteiger partial charge is 0.291 e. The van der Waals surface area contributed by atoms with Crippen LogP contribution >= 0.6 is 0 Å². The molecule has 22 heavy (non-hydrogen) atoms. The number of methoxy groups -OCH3 is 1. The summed E-state index contributed by atoms with van der Waals surface area (Å²) in [7, 11) is 1.58. The van der Waals surface area contributed by atoms with E-state index in [9.17, 15) is 4.79 Å². The van der Waals surface area contributed by atoms with Crippen LogP contribution in [0.5, 0.6) is 0 Å². The highest BCUT2D eigenvalue weighted by molar-refractivity contribution is 6.02. The van der Waals surface area contributed by atoms with Gasteiger partial charge in [-0.05, 0) is 50.2 Å². The molecule has 2 rings (SSSR count). The molecule has 0 radical (unpaired) electrons. The van der Waals surface area contributed by atoms with E-state index in [0.29, 0.717) is 12.4 Å². The number of hydrogen-bond acceptors (Lipinski definition) is 4. The van der Waals surface area contributed by atoms with Crippen molar-refractivity contribution in [1.29, 1.82) is 0 Å². The lowest BCUT2D eigenvalue weighted by Crippen LogP contribution is -2.21. The van der Waals surface area contributed by atoms with Gasteiger partial charge in [0, 0.05) is 31.6 Å². The molecule has 0 aliphatic carbocycles. The van der Waals surface area contributed by atoms with Gasteiger partial charge in [0.2, 0.25) is 0 Å². The summed E-state index contributed by atoms with van der Waals surface area (Å²) in [6.45, 7) is 6.50. The SMILES string of the molecule is CCN(CC)c1ccc(NC(=O)c2ccc(COC)o2)cc1. The average Bonchev–Trinajstić information content (AvgIpc) is 2.99. The first-order valence-corrected chi connectivity index (χ1v) is 7.42. The van der Waals surface area contributed by atoms with Crippen molar-refractivity contribution < 1.29 is 13.9 Å². The van der Waals surface area contributed by atoms with Gasteiger partial charge in [-0.15, -0.1) is 0 Å². The van der Waals surface area contributed by atoms with Crippen LogP contribution in [0, 0.1) is 0 Å². The number of rotatable bonds is 7. The lowest BCUT2D eigenvalue weighted by molar-refractivity contribution is 0.0987. The predicted molar refractivity (Wildman–Crippen MR) is 87.4 cm³/mol. The molecule has 1 N–H and O–H groups in total. The zero-order valence-corrected chi connectivity index (χ0v) is 13.3. The van der Waals surface area contributed by atoms with Gasteiger partial charge < -0.3 is 19.4 Å². The summed E-state index contributed by atoms with van der Waals surface area (Å²) in [6.07, 6.45) is 0. The number of hydrogen-bond donors (Lipinski definition) is 1. The molecule has 5 nitrogen and oxygen atoms in total. The number of nitrogens with zero attached hydrogens (tertiary/aromatic N) is 1. The maximum atomic E-state index is 12.1. The third-order valence-corrected chi connectivity index (χ3v) is 3.43. The molecular weight excluding hydrogens is 280 g/mol. The minimum atomic E-state index is -0.266. The quantitative estimate of drug-likeness (QED) is 0.850. The molecule has 0 spiro atoms. The van der Waals surface area contributed by atoms with Crippen molar-refractivity contribution in [3.8, 4) is 0 Å². The van der Waals surface area contributed by atoms with Gasteiger partial charge in [0.1, 0.15) is 12.4 Å². The second-order valence-corrected chi connectivity index (χ2v) is 4.87. The van der Waals surface area contributed by atoms with E-state index in [1.54, 1.807) is 19.2 Å². The van der Waals surface area contributed by atoms with Crippen molar-refractivity contribution >= 4 is 17.3 Å². The predicted octanol–water partition coefficient (Wildman–Crippen LogP) is 3.52. The summed E-state index contributed by atoms with van der Waals surface area (Å²) in [5, 5.41) is 2.82.